The summed E-state index contributed by atoms with van der Waals surface area (Å²) < 4.78 is 39.2. The van der Waals surface area contributed by atoms with E-state index in [9.17, 15) is 27.9 Å². The van der Waals surface area contributed by atoms with Crippen LogP contribution in [0.15, 0.2) is 41.3 Å². The molecule has 0 radical (unpaired) electrons. The molecule has 2 N–H and O–H groups in total. The van der Waals surface area contributed by atoms with Crippen LogP contribution in [0.4, 0.5) is 13.2 Å². The van der Waals surface area contributed by atoms with E-state index in [2.05, 4.69) is 5.32 Å². The summed E-state index contributed by atoms with van der Waals surface area (Å²) in [5, 5.41) is 12.9. The zero-order chi connectivity index (χ0) is 20.3. The number of benzene rings is 1. The molecule has 5 nitrogen and oxygen atoms in total. The van der Waals surface area contributed by atoms with Crippen LogP contribution in [-0.2, 0) is 12.7 Å². The molecule has 1 amide bonds. The van der Waals surface area contributed by atoms with Gasteiger partial charge in [0.1, 0.15) is 5.75 Å². The van der Waals surface area contributed by atoms with Crippen molar-refractivity contribution in [2.75, 3.05) is 0 Å². The second kappa shape index (κ2) is 8.08. The van der Waals surface area contributed by atoms with Gasteiger partial charge in [-0.05, 0) is 30.5 Å². The molecule has 1 heterocycles. The molecule has 150 valence electrons. The van der Waals surface area contributed by atoms with Crippen molar-refractivity contribution in [1.29, 1.82) is 0 Å². The number of alkyl halides is 3. The lowest BCUT2D eigenvalue weighted by atomic mass is 9.95. The van der Waals surface area contributed by atoms with Crippen LogP contribution in [0.25, 0.3) is 0 Å². The van der Waals surface area contributed by atoms with Crippen LogP contribution in [-0.4, -0.2) is 21.6 Å². The number of carbonyl (C=O) groups excluding carboxylic acids is 1. The SMILES string of the molecule is O=C(NC1CCCCC1)c1cn(Cc2ccc(C(F)(F)F)cc2)c(=O)cc1O. The van der Waals surface area contributed by atoms with E-state index in [1.165, 1.54) is 22.9 Å². The maximum Gasteiger partial charge on any atom is 0.416 e. The molecule has 1 aromatic heterocycles. The lowest BCUT2D eigenvalue weighted by molar-refractivity contribution is -0.137. The van der Waals surface area contributed by atoms with Crippen molar-refractivity contribution in [2.24, 2.45) is 0 Å². The fourth-order valence-corrected chi connectivity index (χ4v) is 3.37. The number of carbonyl (C=O) groups is 1. The van der Waals surface area contributed by atoms with Crippen molar-refractivity contribution < 1.29 is 23.1 Å². The van der Waals surface area contributed by atoms with E-state index in [-0.39, 0.29) is 18.2 Å². The van der Waals surface area contributed by atoms with Gasteiger partial charge in [0.25, 0.3) is 11.5 Å². The predicted octanol–water partition coefficient (Wildman–Crippen LogP) is 3.68. The van der Waals surface area contributed by atoms with Crippen LogP contribution in [0.3, 0.4) is 0 Å². The first-order chi connectivity index (χ1) is 13.2. The van der Waals surface area contributed by atoms with Gasteiger partial charge in [-0.2, -0.15) is 13.2 Å². The number of pyridine rings is 1. The largest absolute Gasteiger partial charge is 0.507 e. The minimum Gasteiger partial charge on any atom is -0.507 e. The summed E-state index contributed by atoms with van der Waals surface area (Å²) in [5.41, 5.74) is -0.884. The topological polar surface area (TPSA) is 71.3 Å². The number of amides is 1. The summed E-state index contributed by atoms with van der Waals surface area (Å²) in [4.78, 5) is 24.6. The lowest BCUT2D eigenvalue weighted by Gasteiger charge is -2.23. The summed E-state index contributed by atoms with van der Waals surface area (Å²) in [5.74, 6) is -0.882. The molecule has 0 unspecified atom stereocenters. The fraction of sp³-hybridized carbons (Fsp3) is 0.400. The molecule has 1 aliphatic rings. The summed E-state index contributed by atoms with van der Waals surface area (Å²) in [7, 11) is 0. The highest BCUT2D eigenvalue weighted by Crippen LogP contribution is 2.29. The molecule has 0 bridgehead atoms. The standard InChI is InChI=1S/C20H21F3N2O3/c21-20(22,23)14-8-6-13(7-9-14)11-25-12-16(17(26)10-18(25)27)19(28)24-15-4-2-1-3-5-15/h6-10,12,15,26H,1-5,11H2,(H,24,28). The minimum atomic E-state index is -4.43. The Morgan fingerprint density at radius 1 is 1.14 bits per heavy atom. The Kier molecular flexibility index (Phi) is 5.76. The molecule has 0 atom stereocenters. The Hall–Kier alpha value is -2.77. The first-order valence-electron chi connectivity index (χ1n) is 9.14. The van der Waals surface area contributed by atoms with Gasteiger partial charge in [0.05, 0.1) is 17.7 Å². The predicted molar refractivity (Wildman–Crippen MR) is 97.3 cm³/mol. The van der Waals surface area contributed by atoms with Crippen molar-refractivity contribution in [3.8, 4) is 5.75 Å². The normalized spacial score (nSPS) is 15.4. The van der Waals surface area contributed by atoms with Crippen molar-refractivity contribution in [2.45, 2.75) is 50.9 Å². The van der Waals surface area contributed by atoms with Crippen LogP contribution in [0.2, 0.25) is 0 Å². The van der Waals surface area contributed by atoms with E-state index in [1.54, 1.807) is 0 Å². The fourth-order valence-electron chi connectivity index (χ4n) is 3.37. The van der Waals surface area contributed by atoms with Gasteiger partial charge in [0.2, 0.25) is 0 Å². The summed E-state index contributed by atoms with van der Waals surface area (Å²) in [6, 6.07) is 5.43. The summed E-state index contributed by atoms with van der Waals surface area (Å²) >= 11 is 0. The average Bonchev–Trinajstić information content (AvgIpc) is 2.64. The van der Waals surface area contributed by atoms with Gasteiger partial charge in [-0.25, -0.2) is 0 Å². The van der Waals surface area contributed by atoms with E-state index >= 15 is 0 Å². The molecule has 0 spiro atoms. The Labute approximate surface area is 159 Å². The summed E-state index contributed by atoms with van der Waals surface area (Å²) in [6.45, 7) is -0.0129. The van der Waals surface area contributed by atoms with Gasteiger partial charge < -0.3 is 15.0 Å². The molecule has 2 aromatic rings. The third-order valence-corrected chi connectivity index (χ3v) is 4.92. The molecule has 1 aromatic carbocycles. The van der Waals surface area contributed by atoms with E-state index < -0.39 is 29.0 Å². The van der Waals surface area contributed by atoms with Gasteiger partial charge in [0, 0.05) is 18.3 Å². The zero-order valence-electron chi connectivity index (χ0n) is 15.1. The highest BCUT2D eigenvalue weighted by Gasteiger charge is 2.30. The Balaban J connectivity index is 1.79. The van der Waals surface area contributed by atoms with Crippen molar-refractivity contribution in [1.82, 2.24) is 9.88 Å². The average molecular weight is 394 g/mol. The number of hydrogen-bond acceptors (Lipinski definition) is 3. The zero-order valence-corrected chi connectivity index (χ0v) is 15.1. The van der Waals surface area contributed by atoms with E-state index in [1.807, 2.05) is 0 Å². The quantitative estimate of drug-likeness (QED) is 0.831. The van der Waals surface area contributed by atoms with Crippen LogP contribution in [0.5, 0.6) is 5.75 Å². The van der Waals surface area contributed by atoms with Crippen molar-refractivity contribution >= 4 is 5.91 Å². The van der Waals surface area contributed by atoms with Gasteiger partial charge in [-0.15, -0.1) is 0 Å². The van der Waals surface area contributed by atoms with E-state index in [0.29, 0.717) is 5.56 Å². The van der Waals surface area contributed by atoms with Crippen LogP contribution in [0.1, 0.15) is 53.6 Å². The highest BCUT2D eigenvalue weighted by atomic mass is 19.4. The smallest absolute Gasteiger partial charge is 0.416 e. The van der Waals surface area contributed by atoms with E-state index in [4.69, 9.17) is 0 Å². The number of nitrogens with zero attached hydrogens (tertiary/aromatic N) is 1. The Bertz CT molecular complexity index is 898. The lowest BCUT2D eigenvalue weighted by Crippen LogP contribution is -2.36. The Morgan fingerprint density at radius 2 is 1.79 bits per heavy atom. The second-order valence-electron chi connectivity index (χ2n) is 7.04. The molecular formula is C20H21F3N2O3. The van der Waals surface area contributed by atoms with Crippen molar-refractivity contribution in [3.63, 3.8) is 0 Å². The van der Waals surface area contributed by atoms with E-state index in [0.717, 1.165) is 50.3 Å². The van der Waals surface area contributed by atoms with Gasteiger partial charge in [-0.3, -0.25) is 9.59 Å². The highest BCUT2D eigenvalue weighted by molar-refractivity contribution is 5.96. The molecule has 28 heavy (non-hydrogen) atoms. The maximum absolute atomic E-state index is 12.7. The number of nitrogens with one attached hydrogen (secondary N) is 1. The van der Waals surface area contributed by atoms with Crippen LogP contribution < -0.4 is 10.9 Å². The third-order valence-electron chi connectivity index (χ3n) is 4.92. The first-order valence-corrected chi connectivity index (χ1v) is 9.14. The number of aromatic hydroxyl groups is 1. The second-order valence-corrected chi connectivity index (χ2v) is 7.04. The third kappa shape index (κ3) is 4.74. The molecule has 0 aliphatic heterocycles. The molecule has 1 fully saturated rings. The number of hydrogen-bond donors (Lipinski definition) is 2. The number of aromatic nitrogens is 1. The number of rotatable bonds is 4. The monoisotopic (exact) mass is 394 g/mol. The van der Waals surface area contributed by atoms with Crippen molar-refractivity contribution in [3.05, 3.63) is 63.6 Å². The number of halogens is 3. The molecule has 0 saturated heterocycles. The molecule has 8 heteroatoms. The van der Waals surface area contributed by atoms with Gasteiger partial charge >= 0.3 is 6.18 Å². The first kappa shape index (κ1) is 20.0. The van der Waals surface area contributed by atoms with Gasteiger partial charge in [-0.1, -0.05) is 31.4 Å². The molecular weight excluding hydrogens is 373 g/mol. The molecule has 3 rings (SSSR count). The Morgan fingerprint density at radius 3 is 2.39 bits per heavy atom. The van der Waals surface area contributed by atoms with Crippen LogP contribution >= 0.6 is 0 Å². The van der Waals surface area contributed by atoms with Crippen LogP contribution in [0, 0.1) is 0 Å². The molecule has 1 aliphatic carbocycles. The molecule has 1 saturated carbocycles. The maximum atomic E-state index is 12.7. The van der Waals surface area contributed by atoms with Gasteiger partial charge in [0.15, 0.2) is 0 Å². The summed E-state index contributed by atoms with van der Waals surface area (Å²) in [6.07, 6.45) is 1.76. The minimum absolute atomic E-state index is 0.0129.